The van der Waals surface area contributed by atoms with Gasteiger partial charge in [0.25, 0.3) is 0 Å². The lowest BCUT2D eigenvalue weighted by Crippen LogP contribution is -2.38. The fourth-order valence-corrected chi connectivity index (χ4v) is 1.96. The maximum absolute atomic E-state index is 4.30. The summed E-state index contributed by atoms with van der Waals surface area (Å²) in [6, 6.07) is 6.00. The maximum Gasteiger partial charge on any atom is 0.190 e. The number of halogens is 1. The van der Waals surface area contributed by atoms with Gasteiger partial charge >= 0.3 is 0 Å². The molecule has 0 bridgehead atoms. The van der Waals surface area contributed by atoms with Crippen LogP contribution in [0.25, 0.3) is 0 Å². The van der Waals surface area contributed by atoms with Gasteiger partial charge in [0.05, 0.1) is 0 Å². The second kappa shape index (κ2) is 12.9. The first-order chi connectivity index (χ1) is 9.72. The molecule has 1 aromatic heterocycles. The third-order valence-electron chi connectivity index (χ3n) is 3.12. The van der Waals surface area contributed by atoms with Crippen LogP contribution in [0.15, 0.2) is 29.4 Å². The van der Waals surface area contributed by atoms with E-state index < -0.39 is 0 Å². The van der Waals surface area contributed by atoms with E-state index in [2.05, 4.69) is 34.5 Å². The van der Waals surface area contributed by atoms with E-state index in [4.69, 9.17) is 0 Å². The van der Waals surface area contributed by atoms with Crippen molar-refractivity contribution in [1.82, 2.24) is 15.6 Å². The number of aliphatic imine (C=N–C) groups is 1. The van der Waals surface area contributed by atoms with E-state index in [0.29, 0.717) is 0 Å². The SMILES string of the molecule is CN=C(NCCCCC(C)C)NCCc1ccccn1.I. The first-order valence-corrected chi connectivity index (χ1v) is 7.56. The molecule has 1 heterocycles. The molecule has 0 aliphatic carbocycles. The van der Waals surface area contributed by atoms with Crippen LogP contribution in [0.1, 0.15) is 38.8 Å². The number of rotatable bonds is 8. The number of hydrogen-bond acceptors (Lipinski definition) is 2. The molecule has 21 heavy (non-hydrogen) atoms. The minimum absolute atomic E-state index is 0. The molecule has 2 N–H and O–H groups in total. The van der Waals surface area contributed by atoms with Gasteiger partial charge in [-0.05, 0) is 24.5 Å². The molecular weight excluding hydrogens is 375 g/mol. The zero-order valence-electron chi connectivity index (χ0n) is 13.4. The first kappa shape index (κ1) is 20.1. The molecule has 0 unspecified atom stereocenters. The Balaban J connectivity index is 0.00000400. The van der Waals surface area contributed by atoms with Gasteiger partial charge in [-0.2, -0.15) is 0 Å². The highest BCUT2D eigenvalue weighted by atomic mass is 127. The van der Waals surface area contributed by atoms with Crippen molar-refractivity contribution in [1.29, 1.82) is 0 Å². The van der Waals surface area contributed by atoms with Crippen molar-refractivity contribution in [3.63, 3.8) is 0 Å². The van der Waals surface area contributed by atoms with Gasteiger partial charge in [-0.25, -0.2) is 0 Å². The number of aromatic nitrogens is 1. The molecule has 4 nitrogen and oxygen atoms in total. The van der Waals surface area contributed by atoms with Gasteiger partial charge in [0.2, 0.25) is 0 Å². The van der Waals surface area contributed by atoms with E-state index in [1.807, 2.05) is 31.4 Å². The molecule has 1 aromatic rings. The molecule has 0 saturated heterocycles. The van der Waals surface area contributed by atoms with Crippen LogP contribution >= 0.6 is 24.0 Å². The second-order valence-electron chi connectivity index (χ2n) is 5.39. The fraction of sp³-hybridized carbons (Fsp3) is 0.625. The zero-order valence-corrected chi connectivity index (χ0v) is 15.8. The largest absolute Gasteiger partial charge is 0.356 e. The highest BCUT2D eigenvalue weighted by Crippen LogP contribution is 2.04. The summed E-state index contributed by atoms with van der Waals surface area (Å²) in [6.07, 6.45) is 6.51. The summed E-state index contributed by atoms with van der Waals surface area (Å²) in [6.45, 7) is 6.37. The molecule has 0 aliphatic heterocycles. The van der Waals surface area contributed by atoms with Crippen LogP contribution in [0.3, 0.4) is 0 Å². The van der Waals surface area contributed by atoms with E-state index in [-0.39, 0.29) is 24.0 Å². The molecule has 0 aliphatic rings. The van der Waals surface area contributed by atoms with E-state index in [1.165, 1.54) is 19.3 Å². The summed E-state index contributed by atoms with van der Waals surface area (Å²) in [4.78, 5) is 8.53. The van der Waals surface area contributed by atoms with Gasteiger partial charge in [-0.1, -0.05) is 32.8 Å². The number of unbranched alkanes of at least 4 members (excludes halogenated alkanes) is 1. The summed E-state index contributed by atoms with van der Waals surface area (Å²) in [5, 5.41) is 6.66. The van der Waals surface area contributed by atoms with Crippen LogP contribution in [0.4, 0.5) is 0 Å². The van der Waals surface area contributed by atoms with Crippen LogP contribution in [0, 0.1) is 5.92 Å². The van der Waals surface area contributed by atoms with Crippen LogP contribution in [0.5, 0.6) is 0 Å². The monoisotopic (exact) mass is 404 g/mol. The summed E-state index contributed by atoms with van der Waals surface area (Å²) in [5.41, 5.74) is 1.10. The number of pyridine rings is 1. The third-order valence-corrected chi connectivity index (χ3v) is 3.12. The highest BCUT2D eigenvalue weighted by Gasteiger charge is 1.99. The Morgan fingerprint density at radius 3 is 2.57 bits per heavy atom. The van der Waals surface area contributed by atoms with Crippen molar-refractivity contribution in [3.05, 3.63) is 30.1 Å². The third kappa shape index (κ3) is 10.5. The molecule has 5 heteroatoms. The summed E-state index contributed by atoms with van der Waals surface area (Å²) in [7, 11) is 1.81. The van der Waals surface area contributed by atoms with Gasteiger partial charge in [0.1, 0.15) is 0 Å². The molecule has 0 atom stereocenters. The van der Waals surface area contributed by atoms with E-state index in [0.717, 1.165) is 37.1 Å². The summed E-state index contributed by atoms with van der Waals surface area (Å²) < 4.78 is 0. The van der Waals surface area contributed by atoms with Crippen molar-refractivity contribution in [3.8, 4) is 0 Å². The van der Waals surface area contributed by atoms with Crippen molar-refractivity contribution in [2.45, 2.75) is 39.5 Å². The molecule has 0 spiro atoms. The maximum atomic E-state index is 4.30. The Morgan fingerprint density at radius 1 is 1.19 bits per heavy atom. The van der Waals surface area contributed by atoms with Crippen molar-refractivity contribution in [2.24, 2.45) is 10.9 Å². The van der Waals surface area contributed by atoms with Crippen molar-refractivity contribution >= 4 is 29.9 Å². The van der Waals surface area contributed by atoms with Gasteiger partial charge < -0.3 is 10.6 Å². The quantitative estimate of drug-likeness (QED) is 0.303. The van der Waals surface area contributed by atoms with Gasteiger partial charge in [-0.15, -0.1) is 24.0 Å². The number of guanidine groups is 1. The van der Waals surface area contributed by atoms with Crippen LogP contribution < -0.4 is 10.6 Å². The smallest absolute Gasteiger partial charge is 0.190 e. The van der Waals surface area contributed by atoms with Gasteiger partial charge in [0, 0.05) is 38.4 Å². The molecule has 120 valence electrons. The van der Waals surface area contributed by atoms with E-state index in [9.17, 15) is 0 Å². The lowest BCUT2D eigenvalue weighted by molar-refractivity contribution is 0.534. The minimum atomic E-state index is 0. The average Bonchev–Trinajstić information content (AvgIpc) is 2.46. The van der Waals surface area contributed by atoms with Crippen molar-refractivity contribution < 1.29 is 0 Å². The van der Waals surface area contributed by atoms with Crippen LogP contribution in [-0.2, 0) is 6.42 Å². The van der Waals surface area contributed by atoms with Crippen molar-refractivity contribution in [2.75, 3.05) is 20.1 Å². The molecule has 0 fully saturated rings. The molecule has 0 radical (unpaired) electrons. The normalized spacial score (nSPS) is 11.1. The molecular formula is C16H29IN4. The van der Waals surface area contributed by atoms with E-state index in [1.54, 1.807) is 0 Å². The topological polar surface area (TPSA) is 49.3 Å². The minimum Gasteiger partial charge on any atom is -0.356 e. The van der Waals surface area contributed by atoms with Crippen LogP contribution in [-0.4, -0.2) is 31.1 Å². The fourth-order valence-electron chi connectivity index (χ4n) is 1.96. The number of nitrogens with one attached hydrogen (secondary N) is 2. The highest BCUT2D eigenvalue weighted by molar-refractivity contribution is 14.0. The Hall–Kier alpha value is -0.850. The number of nitrogens with zero attached hydrogens (tertiary/aromatic N) is 2. The predicted octanol–water partition coefficient (Wildman–Crippen LogP) is 3.23. The van der Waals surface area contributed by atoms with E-state index >= 15 is 0 Å². The Kier molecular flexibility index (Phi) is 12.3. The summed E-state index contributed by atoms with van der Waals surface area (Å²) in [5.74, 6) is 1.68. The Labute approximate surface area is 146 Å². The predicted molar refractivity (Wildman–Crippen MR) is 101 cm³/mol. The zero-order chi connectivity index (χ0) is 14.6. The molecule has 0 saturated carbocycles. The second-order valence-corrected chi connectivity index (χ2v) is 5.39. The van der Waals surface area contributed by atoms with Gasteiger partial charge in [-0.3, -0.25) is 9.98 Å². The number of hydrogen-bond donors (Lipinski definition) is 2. The Morgan fingerprint density at radius 2 is 1.95 bits per heavy atom. The Bertz CT molecular complexity index is 379. The lowest BCUT2D eigenvalue weighted by atomic mass is 10.1. The summed E-state index contributed by atoms with van der Waals surface area (Å²) >= 11 is 0. The standard InChI is InChI=1S/C16H28N4.HI/c1-14(2)8-4-6-12-19-16(17-3)20-13-10-15-9-5-7-11-18-15;/h5,7,9,11,14H,4,6,8,10,12-13H2,1-3H3,(H2,17,19,20);1H. The lowest BCUT2D eigenvalue weighted by Gasteiger charge is -2.12. The van der Waals surface area contributed by atoms with Gasteiger partial charge in [0.15, 0.2) is 5.96 Å². The molecule has 0 aromatic carbocycles. The van der Waals surface area contributed by atoms with Crippen LogP contribution in [0.2, 0.25) is 0 Å². The molecule has 1 rings (SSSR count). The molecule has 0 amide bonds. The average molecular weight is 404 g/mol. The first-order valence-electron chi connectivity index (χ1n) is 7.56.